The molecule has 1 N–H and O–H groups in total. The highest BCUT2D eigenvalue weighted by atomic mass is 32.2. The van der Waals surface area contributed by atoms with Crippen molar-refractivity contribution >= 4 is 16.0 Å². The van der Waals surface area contributed by atoms with E-state index in [0.29, 0.717) is 6.42 Å². The molecule has 2 rings (SSSR count). The number of aromatic carboxylic acids is 1. The Hall–Kier alpha value is -2.19. The lowest BCUT2D eigenvalue weighted by Crippen LogP contribution is -2.29. The monoisotopic (exact) mass is 324 g/mol. The summed E-state index contributed by atoms with van der Waals surface area (Å²) < 4.78 is 31.1. The maximum Gasteiger partial charge on any atom is 0.371 e. The molecule has 0 radical (unpaired) electrons. The summed E-state index contributed by atoms with van der Waals surface area (Å²) in [5.74, 6) is -1.63. The Morgan fingerprint density at radius 3 is 2.55 bits per heavy atom. The van der Waals surface area contributed by atoms with E-state index in [-0.39, 0.29) is 17.2 Å². The molecule has 0 fully saturated rings. The molecule has 7 nitrogen and oxygen atoms in total. The second kappa shape index (κ2) is 6.29. The summed E-state index contributed by atoms with van der Waals surface area (Å²) in [7, 11) is -2.34. The van der Waals surface area contributed by atoms with E-state index in [1.807, 2.05) is 12.1 Å². The van der Waals surface area contributed by atoms with Gasteiger partial charge in [-0.3, -0.25) is 4.98 Å². The highest BCUT2D eigenvalue weighted by Gasteiger charge is 2.27. The van der Waals surface area contributed by atoms with Gasteiger partial charge in [0.15, 0.2) is 0 Å². The minimum absolute atomic E-state index is 0.0631. The minimum Gasteiger partial charge on any atom is -0.475 e. The standard InChI is InChI=1S/C14H16N2O5S/c1-10-13(9-12(21-10)14(17)18)22(19,20)16(2)8-5-11-3-6-15-7-4-11/h3-4,6-7,9H,5,8H2,1-2H3,(H,17,18). The highest BCUT2D eigenvalue weighted by molar-refractivity contribution is 7.89. The Balaban J connectivity index is 2.17. The van der Waals surface area contributed by atoms with Crippen LogP contribution in [0.5, 0.6) is 0 Å². The second-order valence-electron chi connectivity index (χ2n) is 4.77. The van der Waals surface area contributed by atoms with Crippen molar-refractivity contribution in [1.82, 2.24) is 9.29 Å². The Bertz CT molecular complexity index is 768. The molecule has 2 aromatic rings. The van der Waals surface area contributed by atoms with Gasteiger partial charge in [0.2, 0.25) is 15.8 Å². The average molecular weight is 324 g/mol. The summed E-state index contributed by atoms with van der Waals surface area (Å²) in [5, 5.41) is 8.87. The van der Waals surface area contributed by atoms with Gasteiger partial charge in [-0.25, -0.2) is 17.5 Å². The van der Waals surface area contributed by atoms with Crippen molar-refractivity contribution in [3.8, 4) is 0 Å². The van der Waals surface area contributed by atoms with Crippen LogP contribution in [0, 0.1) is 6.92 Å². The molecule has 8 heteroatoms. The number of hydrogen-bond acceptors (Lipinski definition) is 5. The normalized spacial score (nSPS) is 11.8. The van der Waals surface area contributed by atoms with Crippen molar-refractivity contribution in [3.05, 3.63) is 47.7 Å². The second-order valence-corrected chi connectivity index (χ2v) is 6.78. The lowest BCUT2D eigenvalue weighted by atomic mass is 10.2. The largest absolute Gasteiger partial charge is 0.475 e. The van der Waals surface area contributed by atoms with Crippen LogP contribution in [0.3, 0.4) is 0 Å². The fourth-order valence-corrected chi connectivity index (χ4v) is 3.28. The van der Waals surface area contributed by atoms with Gasteiger partial charge in [-0.15, -0.1) is 0 Å². The minimum atomic E-state index is -3.79. The van der Waals surface area contributed by atoms with E-state index >= 15 is 0 Å². The molecule has 0 aliphatic carbocycles. The van der Waals surface area contributed by atoms with Gasteiger partial charge in [-0.05, 0) is 31.0 Å². The Morgan fingerprint density at radius 2 is 2.00 bits per heavy atom. The van der Waals surface area contributed by atoms with E-state index in [1.165, 1.54) is 18.3 Å². The van der Waals surface area contributed by atoms with Crippen LogP contribution in [-0.4, -0.2) is 42.4 Å². The fraction of sp³-hybridized carbons (Fsp3) is 0.286. The first kappa shape index (κ1) is 16.2. The summed E-state index contributed by atoms with van der Waals surface area (Å²) in [5.41, 5.74) is 0.965. The van der Waals surface area contributed by atoms with Crippen molar-refractivity contribution < 1.29 is 22.7 Å². The molecular formula is C14H16N2O5S. The van der Waals surface area contributed by atoms with E-state index in [0.717, 1.165) is 11.6 Å². The zero-order chi connectivity index (χ0) is 16.3. The summed E-state index contributed by atoms with van der Waals surface area (Å²) in [6.45, 7) is 1.69. The van der Waals surface area contributed by atoms with E-state index in [2.05, 4.69) is 4.98 Å². The Kier molecular flexibility index (Phi) is 4.62. The SMILES string of the molecule is Cc1oc(C(=O)O)cc1S(=O)(=O)N(C)CCc1ccncc1. The topological polar surface area (TPSA) is 101 Å². The zero-order valence-corrected chi connectivity index (χ0v) is 13.0. The summed E-state index contributed by atoms with van der Waals surface area (Å²) >= 11 is 0. The lowest BCUT2D eigenvalue weighted by Gasteiger charge is -2.16. The van der Waals surface area contributed by atoms with E-state index in [4.69, 9.17) is 9.52 Å². The quantitative estimate of drug-likeness (QED) is 0.865. The number of likely N-dealkylation sites (N-methyl/N-ethyl adjacent to an activating group) is 1. The smallest absolute Gasteiger partial charge is 0.371 e. The van der Waals surface area contributed by atoms with Crippen LogP contribution in [0.25, 0.3) is 0 Å². The first-order valence-corrected chi connectivity index (χ1v) is 7.95. The van der Waals surface area contributed by atoms with Gasteiger partial charge in [0.1, 0.15) is 10.7 Å². The summed E-state index contributed by atoms with van der Waals surface area (Å²) in [6, 6.07) is 4.66. The van der Waals surface area contributed by atoms with Crippen LogP contribution in [-0.2, 0) is 16.4 Å². The molecule has 0 spiro atoms. The molecule has 0 aliphatic rings. The molecule has 0 atom stereocenters. The average Bonchev–Trinajstić information content (AvgIpc) is 2.88. The molecular weight excluding hydrogens is 308 g/mol. The van der Waals surface area contributed by atoms with Crippen LogP contribution >= 0.6 is 0 Å². The van der Waals surface area contributed by atoms with Crippen molar-refractivity contribution in [2.24, 2.45) is 0 Å². The number of sulfonamides is 1. The van der Waals surface area contributed by atoms with E-state index in [1.54, 1.807) is 12.4 Å². The number of aromatic nitrogens is 1. The summed E-state index contributed by atoms with van der Waals surface area (Å²) in [6.07, 6.45) is 3.81. The predicted octanol–water partition coefficient (Wildman–Crippen LogP) is 1.54. The molecule has 0 amide bonds. The highest BCUT2D eigenvalue weighted by Crippen LogP contribution is 2.23. The summed E-state index contributed by atoms with van der Waals surface area (Å²) in [4.78, 5) is 14.6. The van der Waals surface area contributed by atoms with Crippen LogP contribution in [0.15, 0.2) is 39.9 Å². The van der Waals surface area contributed by atoms with Gasteiger partial charge in [-0.1, -0.05) is 0 Å². The maximum absolute atomic E-state index is 12.5. The lowest BCUT2D eigenvalue weighted by molar-refractivity contribution is 0.0661. The predicted molar refractivity (Wildman–Crippen MR) is 78.2 cm³/mol. The van der Waals surface area contributed by atoms with E-state index < -0.39 is 21.8 Å². The number of pyridine rings is 1. The number of aryl methyl sites for hydroxylation is 1. The van der Waals surface area contributed by atoms with Gasteiger partial charge < -0.3 is 9.52 Å². The van der Waals surface area contributed by atoms with Gasteiger partial charge >= 0.3 is 5.97 Å². The Morgan fingerprint density at radius 1 is 1.36 bits per heavy atom. The molecule has 22 heavy (non-hydrogen) atoms. The molecule has 2 aromatic heterocycles. The first-order chi connectivity index (χ1) is 10.3. The molecule has 2 heterocycles. The van der Waals surface area contributed by atoms with Crippen molar-refractivity contribution in [1.29, 1.82) is 0 Å². The number of furan rings is 1. The van der Waals surface area contributed by atoms with Crippen LogP contribution in [0.2, 0.25) is 0 Å². The number of carboxylic acids is 1. The first-order valence-electron chi connectivity index (χ1n) is 6.51. The maximum atomic E-state index is 12.5. The number of nitrogens with zero attached hydrogens (tertiary/aromatic N) is 2. The molecule has 0 saturated heterocycles. The number of hydrogen-bond donors (Lipinski definition) is 1. The molecule has 0 bridgehead atoms. The molecule has 0 unspecified atom stereocenters. The van der Waals surface area contributed by atoms with Crippen molar-refractivity contribution in [2.75, 3.05) is 13.6 Å². The van der Waals surface area contributed by atoms with Crippen LogP contribution in [0.4, 0.5) is 0 Å². The molecule has 0 aromatic carbocycles. The third-order valence-corrected chi connectivity index (χ3v) is 5.20. The fourth-order valence-electron chi connectivity index (χ4n) is 1.95. The molecule has 0 saturated carbocycles. The zero-order valence-electron chi connectivity index (χ0n) is 12.2. The third-order valence-electron chi connectivity index (χ3n) is 3.24. The van der Waals surface area contributed by atoms with Crippen molar-refractivity contribution in [3.63, 3.8) is 0 Å². The number of rotatable bonds is 6. The molecule has 118 valence electrons. The number of carbonyl (C=O) groups is 1. The number of carboxylic acid groups (broad SMARTS) is 1. The van der Waals surface area contributed by atoms with Crippen LogP contribution in [0.1, 0.15) is 21.9 Å². The third kappa shape index (κ3) is 3.34. The van der Waals surface area contributed by atoms with Crippen LogP contribution < -0.4 is 0 Å². The van der Waals surface area contributed by atoms with Gasteiger partial charge in [0.25, 0.3) is 0 Å². The Labute approximate surface area is 128 Å². The van der Waals surface area contributed by atoms with E-state index in [9.17, 15) is 13.2 Å². The van der Waals surface area contributed by atoms with Gasteiger partial charge in [-0.2, -0.15) is 0 Å². The van der Waals surface area contributed by atoms with Gasteiger partial charge in [0, 0.05) is 32.1 Å². The van der Waals surface area contributed by atoms with Crippen molar-refractivity contribution in [2.45, 2.75) is 18.2 Å². The molecule has 0 aliphatic heterocycles. The van der Waals surface area contributed by atoms with Gasteiger partial charge in [0.05, 0.1) is 0 Å².